The van der Waals surface area contributed by atoms with Gasteiger partial charge in [-0.2, -0.15) is 4.31 Å². The molecule has 0 radical (unpaired) electrons. The molecule has 3 rings (SSSR count). The molecular weight excluding hydrogens is 362 g/mol. The molecule has 2 aromatic carbocycles. The predicted molar refractivity (Wildman–Crippen MR) is 106 cm³/mol. The van der Waals surface area contributed by atoms with E-state index in [0.29, 0.717) is 18.8 Å². The van der Waals surface area contributed by atoms with Crippen LogP contribution in [0.3, 0.4) is 0 Å². The van der Waals surface area contributed by atoms with Gasteiger partial charge in [-0.1, -0.05) is 32.0 Å². The molecule has 1 aromatic heterocycles. The molecule has 0 aliphatic heterocycles. The topological polar surface area (TPSA) is 79.4 Å². The number of aromatic nitrogens is 1. The molecule has 1 amide bonds. The molecule has 3 aromatic rings. The van der Waals surface area contributed by atoms with Crippen LogP contribution in [0.2, 0.25) is 0 Å². The first-order valence-electron chi connectivity index (χ1n) is 8.71. The van der Waals surface area contributed by atoms with Crippen molar-refractivity contribution in [1.82, 2.24) is 9.29 Å². The number of amides is 1. The normalized spacial score (nSPS) is 11.7. The van der Waals surface area contributed by atoms with Gasteiger partial charge in [-0.25, -0.2) is 8.42 Å². The smallest absolute Gasteiger partial charge is 0.255 e. The van der Waals surface area contributed by atoms with Gasteiger partial charge in [0.25, 0.3) is 5.91 Å². The maximum atomic E-state index is 12.7. The molecule has 7 heteroatoms. The van der Waals surface area contributed by atoms with Crippen molar-refractivity contribution in [1.29, 1.82) is 0 Å². The third-order valence-electron chi connectivity index (χ3n) is 4.37. The van der Waals surface area contributed by atoms with Gasteiger partial charge >= 0.3 is 0 Å². The lowest BCUT2D eigenvalue weighted by Crippen LogP contribution is -2.30. The van der Waals surface area contributed by atoms with Crippen LogP contribution in [0.4, 0.5) is 5.69 Å². The second-order valence-electron chi connectivity index (χ2n) is 5.97. The van der Waals surface area contributed by atoms with Crippen LogP contribution >= 0.6 is 0 Å². The maximum Gasteiger partial charge on any atom is 0.255 e. The van der Waals surface area contributed by atoms with Gasteiger partial charge in [0.1, 0.15) is 0 Å². The third kappa shape index (κ3) is 3.84. The summed E-state index contributed by atoms with van der Waals surface area (Å²) in [5.41, 5.74) is 0.936. The first-order chi connectivity index (χ1) is 13.0. The van der Waals surface area contributed by atoms with E-state index in [1.807, 2.05) is 18.2 Å². The summed E-state index contributed by atoms with van der Waals surface area (Å²) in [7, 11) is -3.62. The van der Waals surface area contributed by atoms with Crippen LogP contribution in [-0.2, 0) is 10.0 Å². The van der Waals surface area contributed by atoms with Crippen molar-refractivity contribution >= 4 is 32.4 Å². The third-order valence-corrected chi connectivity index (χ3v) is 6.41. The molecule has 1 heterocycles. The average Bonchev–Trinajstić information content (AvgIpc) is 2.69. The molecule has 0 aliphatic rings. The highest BCUT2D eigenvalue weighted by Gasteiger charge is 2.22. The fourth-order valence-electron chi connectivity index (χ4n) is 2.94. The summed E-state index contributed by atoms with van der Waals surface area (Å²) in [4.78, 5) is 16.9. The molecule has 0 atom stereocenters. The van der Waals surface area contributed by atoms with Gasteiger partial charge in [0, 0.05) is 47.5 Å². The van der Waals surface area contributed by atoms with Crippen LogP contribution in [0, 0.1) is 0 Å². The number of fused-ring (bicyclic) bond motifs is 1. The number of carbonyl (C=O) groups is 1. The van der Waals surface area contributed by atoms with Crippen molar-refractivity contribution in [2.75, 3.05) is 18.4 Å². The predicted octanol–water partition coefficient (Wildman–Crippen LogP) is 3.52. The lowest BCUT2D eigenvalue weighted by Gasteiger charge is -2.18. The quantitative estimate of drug-likeness (QED) is 0.706. The van der Waals surface area contributed by atoms with Gasteiger partial charge in [-0.15, -0.1) is 0 Å². The van der Waals surface area contributed by atoms with Gasteiger partial charge < -0.3 is 5.32 Å². The largest absolute Gasteiger partial charge is 0.321 e. The summed E-state index contributed by atoms with van der Waals surface area (Å²) in [5.74, 6) is -0.365. The molecule has 0 saturated carbocycles. The van der Waals surface area contributed by atoms with E-state index >= 15 is 0 Å². The molecule has 0 saturated heterocycles. The van der Waals surface area contributed by atoms with Crippen LogP contribution in [0.25, 0.3) is 10.8 Å². The monoisotopic (exact) mass is 383 g/mol. The number of anilines is 1. The second-order valence-corrected chi connectivity index (χ2v) is 7.91. The molecular formula is C20H21N3O3S. The Morgan fingerprint density at radius 1 is 1.07 bits per heavy atom. The number of sulfonamides is 1. The molecule has 0 unspecified atom stereocenters. The van der Waals surface area contributed by atoms with Gasteiger partial charge in [0.15, 0.2) is 0 Å². The number of carbonyl (C=O) groups excluding carboxylic acids is 1. The SMILES string of the molecule is CCN(CC)S(=O)(=O)c1cccc(C(=O)Nc2cccc3cnccc23)c1. The molecule has 0 bridgehead atoms. The molecule has 27 heavy (non-hydrogen) atoms. The number of hydrogen-bond acceptors (Lipinski definition) is 4. The molecule has 140 valence electrons. The molecule has 0 fully saturated rings. The fourth-order valence-corrected chi connectivity index (χ4v) is 4.44. The van der Waals surface area contributed by atoms with Gasteiger partial charge in [-0.3, -0.25) is 9.78 Å². The number of nitrogens with zero attached hydrogens (tertiary/aromatic N) is 2. The average molecular weight is 383 g/mol. The summed E-state index contributed by atoms with van der Waals surface area (Å²) >= 11 is 0. The highest BCUT2D eigenvalue weighted by atomic mass is 32.2. The van der Waals surface area contributed by atoms with E-state index in [0.717, 1.165) is 10.8 Å². The highest BCUT2D eigenvalue weighted by molar-refractivity contribution is 7.89. The van der Waals surface area contributed by atoms with Crippen molar-refractivity contribution in [3.63, 3.8) is 0 Å². The zero-order valence-electron chi connectivity index (χ0n) is 15.2. The Kier molecular flexibility index (Phi) is 5.53. The van der Waals surface area contributed by atoms with E-state index in [4.69, 9.17) is 0 Å². The highest BCUT2D eigenvalue weighted by Crippen LogP contribution is 2.23. The molecule has 0 spiro atoms. The van der Waals surface area contributed by atoms with Crippen molar-refractivity contribution in [2.45, 2.75) is 18.7 Å². The molecule has 0 aliphatic carbocycles. The van der Waals surface area contributed by atoms with Crippen molar-refractivity contribution < 1.29 is 13.2 Å². The van der Waals surface area contributed by atoms with Crippen LogP contribution in [0.15, 0.2) is 65.8 Å². The maximum absolute atomic E-state index is 12.7. The van der Waals surface area contributed by atoms with Gasteiger partial charge in [0.05, 0.1) is 4.90 Å². The summed E-state index contributed by atoms with van der Waals surface area (Å²) < 4.78 is 26.7. The standard InChI is InChI=1S/C20H21N3O3S/c1-3-23(4-2)27(25,26)17-9-5-7-15(13-17)20(24)22-19-10-6-8-16-14-21-12-11-18(16)19/h5-14H,3-4H2,1-2H3,(H,22,24). The minimum absolute atomic E-state index is 0.112. The first-order valence-corrected chi connectivity index (χ1v) is 10.2. The number of pyridine rings is 1. The van der Waals surface area contributed by atoms with E-state index < -0.39 is 10.0 Å². The first kappa shape index (κ1) is 19.0. The van der Waals surface area contributed by atoms with E-state index in [2.05, 4.69) is 10.3 Å². The number of hydrogen-bond donors (Lipinski definition) is 1. The lowest BCUT2D eigenvalue weighted by molar-refractivity contribution is 0.102. The minimum atomic E-state index is -3.62. The van der Waals surface area contributed by atoms with Gasteiger partial charge in [0.2, 0.25) is 10.0 Å². The van der Waals surface area contributed by atoms with Crippen molar-refractivity contribution in [2.24, 2.45) is 0 Å². The van der Waals surface area contributed by atoms with Gasteiger partial charge in [-0.05, 0) is 30.3 Å². The Bertz CT molecular complexity index is 1070. The summed E-state index contributed by atoms with van der Waals surface area (Å²) in [5, 5.41) is 4.64. The van der Waals surface area contributed by atoms with Crippen LogP contribution in [0.1, 0.15) is 24.2 Å². The Morgan fingerprint density at radius 3 is 2.56 bits per heavy atom. The van der Waals surface area contributed by atoms with E-state index in [1.54, 1.807) is 44.4 Å². The number of benzene rings is 2. The van der Waals surface area contributed by atoms with Crippen molar-refractivity contribution in [3.05, 3.63) is 66.5 Å². The zero-order valence-corrected chi connectivity index (χ0v) is 16.0. The van der Waals surface area contributed by atoms with Crippen LogP contribution < -0.4 is 5.32 Å². The molecule has 1 N–H and O–H groups in total. The Hall–Kier alpha value is -2.77. The Balaban J connectivity index is 1.92. The summed E-state index contributed by atoms with van der Waals surface area (Å²) in [6.45, 7) is 4.32. The molecule has 6 nitrogen and oxygen atoms in total. The Morgan fingerprint density at radius 2 is 1.81 bits per heavy atom. The summed E-state index contributed by atoms with van der Waals surface area (Å²) in [6, 6.07) is 13.5. The fraction of sp³-hybridized carbons (Fsp3) is 0.200. The zero-order chi connectivity index (χ0) is 19.4. The summed E-state index contributed by atoms with van der Waals surface area (Å²) in [6.07, 6.45) is 3.39. The number of nitrogens with one attached hydrogen (secondary N) is 1. The van der Waals surface area contributed by atoms with E-state index in [1.165, 1.54) is 16.4 Å². The van der Waals surface area contributed by atoms with E-state index in [9.17, 15) is 13.2 Å². The van der Waals surface area contributed by atoms with Crippen LogP contribution in [-0.4, -0.2) is 36.7 Å². The number of rotatable bonds is 6. The minimum Gasteiger partial charge on any atom is -0.321 e. The van der Waals surface area contributed by atoms with E-state index in [-0.39, 0.29) is 16.4 Å². The Labute approximate surface area is 158 Å². The lowest BCUT2D eigenvalue weighted by atomic mass is 10.1. The van der Waals surface area contributed by atoms with Crippen molar-refractivity contribution in [3.8, 4) is 0 Å². The van der Waals surface area contributed by atoms with Crippen LogP contribution in [0.5, 0.6) is 0 Å². The second kappa shape index (κ2) is 7.85.